The molecule has 20 heavy (non-hydrogen) atoms. The fourth-order valence-corrected chi connectivity index (χ4v) is 1.80. The van der Waals surface area contributed by atoms with Gasteiger partial charge in [-0.1, -0.05) is 6.92 Å². The van der Waals surface area contributed by atoms with Gasteiger partial charge in [-0.15, -0.1) is 0 Å². The highest BCUT2D eigenvalue weighted by atomic mass is 16.1. The molecule has 0 bridgehead atoms. The van der Waals surface area contributed by atoms with Gasteiger partial charge < -0.3 is 10.6 Å². The molecule has 1 amide bonds. The van der Waals surface area contributed by atoms with Crippen molar-refractivity contribution >= 4 is 23.2 Å². The van der Waals surface area contributed by atoms with E-state index < -0.39 is 0 Å². The highest BCUT2D eigenvalue weighted by molar-refractivity contribution is 5.90. The van der Waals surface area contributed by atoms with Gasteiger partial charge in [0.1, 0.15) is 0 Å². The van der Waals surface area contributed by atoms with Crippen LogP contribution >= 0.6 is 0 Å². The molecule has 0 fully saturated rings. The van der Waals surface area contributed by atoms with Gasteiger partial charge in [0.2, 0.25) is 11.9 Å². The molecule has 0 radical (unpaired) electrons. The number of anilines is 3. The van der Waals surface area contributed by atoms with Crippen molar-refractivity contribution in [2.75, 3.05) is 10.6 Å². The quantitative estimate of drug-likeness (QED) is 0.895. The summed E-state index contributed by atoms with van der Waals surface area (Å²) in [6.45, 7) is 5.69. The standard InChI is InChI=1S/C15H18N4O/c1-4-14(20)18-12-5-7-13(8-6-12)19-15-16-10(2)9-11(3)17-15/h5-9H,4H2,1-3H3,(H,18,20)(H,16,17,19). The van der Waals surface area contributed by atoms with Crippen molar-refractivity contribution in [3.8, 4) is 0 Å². The van der Waals surface area contributed by atoms with Gasteiger partial charge in [-0.3, -0.25) is 4.79 Å². The number of aromatic nitrogens is 2. The molecule has 2 rings (SSSR count). The number of hydrogen-bond donors (Lipinski definition) is 2. The number of nitrogens with zero attached hydrogens (tertiary/aromatic N) is 2. The minimum atomic E-state index is 0.00310. The van der Waals surface area contributed by atoms with E-state index in [-0.39, 0.29) is 5.91 Å². The minimum Gasteiger partial charge on any atom is -0.326 e. The summed E-state index contributed by atoms with van der Waals surface area (Å²) in [5.41, 5.74) is 3.51. The van der Waals surface area contributed by atoms with Crippen LogP contribution < -0.4 is 10.6 Å². The molecule has 5 nitrogen and oxygen atoms in total. The Morgan fingerprint density at radius 2 is 1.60 bits per heavy atom. The van der Waals surface area contributed by atoms with Crippen LogP contribution in [0.3, 0.4) is 0 Å². The number of benzene rings is 1. The fourth-order valence-electron chi connectivity index (χ4n) is 1.80. The summed E-state index contributed by atoms with van der Waals surface area (Å²) in [6.07, 6.45) is 0.469. The van der Waals surface area contributed by atoms with Crippen LogP contribution in [-0.4, -0.2) is 15.9 Å². The summed E-state index contributed by atoms with van der Waals surface area (Å²) >= 11 is 0. The van der Waals surface area contributed by atoms with Crippen LogP contribution in [0.25, 0.3) is 0 Å². The number of nitrogens with one attached hydrogen (secondary N) is 2. The summed E-state index contributed by atoms with van der Waals surface area (Å²) < 4.78 is 0. The molecule has 2 N–H and O–H groups in total. The largest absolute Gasteiger partial charge is 0.326 e. The predicted octanol–water partition coefficient (Wildman–Crippen LogP) is 3.19. The smallest absolute Gasteiger partial charge is 0.227 e. The molecule has 1 aromatic carbocycles. The average Bonchev–Trinajstić information content (AvgIpc) is 2.39. The van der Waals surface area contributed by atoms with Crippen LogP contribution in [0.4, 0.5) is 17.3 Å². The minimum absolute atomic E-state index is 0.00310. The third kappa shape index (κ3) is 3.78. The van der Waals surface area contributed by atoms with Crippen molar-refractivity contribution in [2.24, 2.45) is 0 Å². The van der Waals surface area contributed by atoms with E-state index in [1.807, 2.05) is 51.1 Å². The molecule has 2 aromatic rings. The van der Waals surface area contributed by atoms with Crippen LogP contribution in [0.5, 0.6) is 0 Å². The normalized spacial score (nSPS) is 10.2. The lowest BCUT2D eigenvalue weighted by Crippen LogP contribution is -2.09. The SMILES string of the molecule is CCC(=O)Nc1ccc(Nc2nc(C)cc(C)n2)cc1. The van der Waals surface area contributed by atoms with Crippen LogP contribution in [-0.2, 0) is 4.79 Å². The van der Waals surface area contributed by atoms with Crippen molar-refractivity contribution in [1.82, 2.24) is 9.97 Å². The van der Waals surface area contributed by atoms with E-state index in [4.69, 9.17) is 0 Å². The van der Waals surface area contributed by atoms with Gasteiger partial charge in [0, 0.05) is 29.2 Å². The number of amides is 1. The number of aryl methyl sites for hydroxylation is 2. The Labute approximate surface area is 118 Å². The van der Waals surface area contributed by atoms with Crippen molar-refractivity contribution < 1.29 is 4.79 Å². The highest BCUT2D eigenvalue weighted by Gasteiger charge is 2.02. The van der Waals surface area contributed by atoms with Gasteiger partial charge >= 0.3 is 0 Å². The van der Waals surface area contributed by atoms with E-state index in [0.717, 1.165) is 22.8 Å². The summed E-state index contributed by atoms with van der Waals surface area (Å²) in [4.78, 5) is 19.9. The first-order valence-corrected chi connectivity index (χ1v) is 6.56. The molecule has 0 spiro atoms. The Morgan fingerprint density at radius 1 is 1.05 bits per heavy atom. The topological polar surface area (TPSA) is 66.9 Å². The number of rotatable bonds is 4. The molecule has 0 aliphatic heterocycles. The summed E-state index contributed by atoms with van der Waals surface area (Å²) in [5, 5.41) is 5.95. The van der Waals surface area contributed by atoms with Crippen molar-refractivity contribution in [3.05, 3.63) is 41.7 Å². The first kappa shape index (κ1) is 14.0. The lowest BCUT2D eigenvalue weighted by molar-refractivity contribution is -0.115. The third-order valence-corrected chi connectivity index (χ3v) is 2.73. The molecule has 1 aromatic heterocycles. The zero-order valence-corrected chi connectivity index (χ0v) is 11.9. The Morgan fingerprint density at radius 3 is 2.15 bits per heavy atom. The average molecular weight is 270 g/mol. The van der Waals surface area contributed by atoms with Crippen molar-refractivity contribution in [3.63, 3.8) is 0 Å². The summed E-state index contributed by atoms with van der Waals surface area (Å²) in [7, 11) is 0. The first-order chi connectivity index (χ1) is 9.56. The fraction of sp³-hybridized carbons (Fsp3) is 0.267. The molecule has 0 atom stereocenters. The second kappa shape index (κ2) is 6.14. The van der Waals surface area contributed by atoms with Gasteiger partial charge in [0.25, 0.3) is 0 Å². The van der Waals surface area contributed by atoms with Crippen molar-refractivity contribution in [2.45, 2.75) is 27.2 Å². The Bertz CT molecular complexity index is 588. The zero-order valence-electron chi connectivity index (χ0n) is 11.9. The molecule has 1 heterocycles. The van der Waals surface area contributed by atoms with Crippen LogP contribution in [0.15, 0.2) is 30.3 Å². The van der Waals surface area contributed by atoms with Gasteiger partial charge in [-0.2, -0.15) is 0 Å². The molecule has 0 aliphatic carbocycles. The van der Waals surface area contributed by atoms with E-state index in [9.17, 15) is 4.79 Å². The maximum atomic E-state index is 11.3. The highest BCUT2D eigenvalue weighted by Crippen LogP contribution is 2.17. The third-order valence-electron chi connectivity index (χ3n) is 2.73. The van der Waals surface area contributed by atoms with Crippen LogP contribution in [0, 0.1) is 13.8 Å². The maximum Gasteiger partial charge on any atom is 0.227 e. The van der Waals surface area contributed by atoms with Gasteiger partial charge in [-0.05, 0) is 44.2 Å². The number of hydrogen-bond acceptors (Lipinski definition) is 4. The molecule has 0 aliphatic rings. The molecular weight excluding hydrogens is 252 g/mol. The lowest BCUT2D eigenvalue weighted by Gasteiger charge is -2.08. The van der Waals surface area contributed by atoms with Crippen LogP contribution in [0.1, 0.15) is 24.7 Å². The van der Waals surface area contributed by atoms with Gasteiger partial charge in [0.05, 0.1) is 0 Å². The molecule has 0 saturated carbocycles. The molecule has 5 heteroatoms. The second-order valence-electron chi connectivity index (χ2n) is 4.58. The van der Waals surface area contributed by atoms with E-state index in [1.54, 1.807) is 0 Å². The number of carbonyl (C=O) groups is 1. The van der Waals surface area contributed by atoms with Gasteiger partial charge in [0.15, 0.2) is 0 Å². The van der Waals surface area contributed by atoms with E-state index in [2.05, 4.69) is 20.6 Å². The monoisotopic (exact) mass is 270 g/mol. The van der Waals surface area contributed by atoms with Crippen molar-refractivity contribution in [1.29, 1.82) is 0 Å². The molecule has 104 valence electrons. The number of carbonyl (C=O) groups excluding carboxylic acids is 1. The zero-order chi connectivity index (χ0) is 14.5. The molecule has 0 unspecified atom stereocenters. The van der Waals surface area contributed by atoms with E-state index >= 15 is 0 Å². The Kier molecular flexibility index (Phi) is 4.30. The summed E-state index contributed by atoms with van der Waals surface area (Å²) in [5.74, 6) is 0.580. The first-order valence-electron chi connectivity index (χ1n) is 6.56. The van der Waals surface area contributed by atoms with Crippen LogP contribution in [0.2, 0.25) is 0 Å². The van der Waals surface area contributed by atoms with E-state index in [0.29, 0.717) is 12.4 Å². The second-order valence-corrected chi connectivity index (χ2v) is 4.58. The molecular formula is C15H18N4O. The van der Waals surface area contributed by atoms with E-state index in [1.165, 1.54) is 0 Å². The molecule has 0 saturated heterocycles. The van der Waals surface area contributed by atoms with Gasteiger partial charge in [-0.25, -0.2) is 9.97 Å². The maximum absolute atomic E-state index is 11.3. The Hall–Kier alpha value is -2.43. The summed E-state index contributed by atoms with van der Waals surface area (Å²) in [6, 6.07) is 9.38. The Balaban J connectivity index is 2.08. The lowest BCUT2D eigenvalue weighted by atomic mass is 10.2. The predicted molar refractivity (Wildman–Crippen MR) is 80.2 cm³/mol.